The predicted octanol–water partition coefficient (Wildman–Crippen LogP) is 2.01. The molecule has 0 saturated carbocycles. The summed E-state index contributed by atoms with van der Waals surface area (Å²) in [5.74, 6) is -2.09. The van der Waals surface area contributed by atoms with Crippen LogP contribution >= 0.6 is 12.4 Å². The summed E-state index contributed by atoms with van der Waals surface area (Å²) in [7, 11) is 1.94. The molecule has 1 aromatic carbocycles. The number of carbonyl (C=O) groups excluding carboxylic acids is 1. The van der Waals surface area contributed by atoms with Crippen LogP contribution in [0, 0.1) is 11.6 Å². The lowest BCUT2D eigenvalue weighted by Crippen LogP contribution is -2.44. The van der Waals surface area contributed by atoms with Crippen molar-refractivity contribution in [1.82, 2.24) is 10.2 Å². The first-order valence-electron chi connectivity index (χ1n) is 6.73. The number of likely N-dealkylation sites (tertiary alicyclic amines) is 1. The van der Waals surface area contributed by atoms with Crippen molar-refractivity contribution in [3.8, 4) is 0 Å². The Morgan fingerprint density at radius 2 is 1.95 bits per heavy atom. The second kappa shape index (κ2) is 8.26. The minimum Gasteiger partial charge on any atom is -0.325 e. The molecule has 0 atom stereocenters. The lowest BCUT2D eigenvalue weighted by Gasteiger charge is -2.31. The van der Waals surface area contributed by atoms with E-state index in [0.29, 0.717) is 6.04 Å². The van der Waals surface area contributed by atoms with Crippen molar-refractivity contribution in [3.05, 3.63) is 29.8 Å². The van der Waals surface area contributed by atoms with Gasteiger partial charge in [-0.2, -0.15) is 0 Å². The van der Waals surface area contributed by atoms with E-state index in [9.17, 15) is 13.6 Å². The van der Waals surface area contributed by atoms with E-state index in [4.69, 9.17) is 0 Å². The van der Waals surface area contributed by atoms with Crippen LogP contribution in [0.1, 0.15) is 12.8 Å². The molecule has 0 aromatic heterocycles. The van der Waals surface area contributed by atoms with Crippen molar-refractivity contribution < 1.29 is 13.6 Å². The first-order chi connectivity index (χ1) is 9.58. The Hall–Kier alpha value is -1.24. The molecule has 1 heterocycles. The predicted molar refractivity (Wildman–Crippen MR) is 80.8 cm³/mol. The van der Waals surface area contributed by atoms with Gasteiger partial charge in [-0.25, -0.2) is 8.78 Å². The minimum absolute atomic E-state index is 0. The van der Waals surface area contributed by atoms with Crippen molar-refractivity contribution in [2.75, 3.05) is 32.0 Å². The van der Waals surface area contributed by atoms with Crippen LogP contribution in [-0.4, -0.2) is 43.5 Å². The van der Waals surface area contributed by atoms with Gasteiger partial charge in [0, 0.05) is 30.9 Å². The number of piperidine rings is 1. The van der Waals surface area contributed by atoms with Gasteiger partial charge in [0.1, 0.15) is 0 Å². The number of amides is 1. The summed E-state index contributed by atoms with van der Waals surface area (Å²) >= 11 is 0. The van der Waals surface area contributed by atoms with Crippen LogP contribution in [-0.2, 0) is 4.79 Å². The van der Waals surface area contributed by atoms with Crippen LogP contribution in [0.15, 0.2) is 18.2 Å². The van der Waals surface area contributed by atoms with Gasteiger partial charge in [0.2, 0.25) is 5.91 Å². The van der Waals surface area contributed by atoms with Crippen LogP contribution < -0.4 is 10.6 Å². The topological polar surface area (TPSA) is 44.4 Å². The number of anilines is 1. The number of nitrogens with one attached hydrogen (secondary N) is 2. The van der Waals surface area contributed by atoms with Crippen LogP contribution in [0.4, 0.5) is 14.5 Å². The Morgan fingerprint density at radius 3 is 2.52 bits per heavy atom. The van der Waals surface area contributed by atoms with Gasteiger partial charge >= 0.3 is 0 Å². The van der Waals surface area contributed by atoms with E-state index in [1.165, 1.54) is 6.07 Å². The quantitative estimate of drug-likeness (QED) is 0.892. The highest BCUT2D eigenvalue weighted by Gasteiger charge is 2.19. The smallest absolute Gasteiger partial charge is 0.238 e. The van der Waals surface area contributed by atoms with Crippen molar-refractivity contribution >= 4 is 24.0 Å². The summed E-state index contributed by atoms with van der Waals surface area (Å²) in [5, 5.41) is 5.80. The molecule has 1 aliphatic rings. The number of hydrogen-bond acceptors (Lipinski definition) is 3. The zero-order valence-corrected chi connectivity index (χ0v) is 12.7. The molecule has 4 nitrogen and oxygen atoms in total. The summed E-state index contributed by atoms with van der Waals surface area (Å²) in [5.41, 5.74) is 0.277. The highest BCUT2D eigenvalue weighted by molar-refractivity contribution is 5.92. The van der Waals surface area contributed by atoms with E-state index in [2.05, 4.69) is 15.5 Å². The van der Waals surface area contributed by atoms with Crippen molar-refractivity contribution in [2.24, 2.45) is 0 Å². The number of nitrogens with zero attached hydrogens (tertiary/aromatic N) is 1. The molecule has 118 valence electrons. The van der Waals surface area contributed by atoms with Crippen molar-refractivity contribution in [2.45, 2.75) is 18.9 Å². The van der Waals surface area contributed by atoms with Gasteiger partial charge in [0.25, 0.3) is 0 Å². The molecular formula is C14H20ClF2N3O. The van der Waals surface area contributed by atoms with E-state index in [1.807, 2.05) is 7.05 Å². The van der Waals surface area contributed by atoms with E-state index in [0.717, 1.165) is 38.1 Å². The first kappa shape index (κ1) is 17.8. The first-order valence-corrected chi connectivity index (χ1v) is 6.73. The maximum Gasteiger partial charge on any atom is 0.238 e. The van der Waals surface area contributed by atoms with Crippen LogP contribution in [0.2, 0.25) is 0 Å². The van der Waals surface area contributed by atoms with E-state index in [-0.39, 0.29) is 30.5 Å². The van der Waals surface area contributed by atoms with Crippen LogP contribution in [0.5, 0.6) is 0 Å². The molecule has 1 fully saturated rings. The Kier molecular flexibility index (Phi) is 7.01. The second-order valence-electron chi connectivity index (χ2n) is 5.02. The molecule has 1 aromatic rings. The third-order valence-electron chi connectivity index (χ3n) is 3.57. The Balaban J connectivity index is 0.00000220. The molecule has 0 spiro atoms. The molecule has 1 saturated heterocycles. The van der Waals surface area contributed by atoms with Gasteiger partial charge in [0.05, 0.1) is 6.54 Å². The van der Waals surface area contributed by atoms with Gasteiger partial charge < -0.3 is 10.6 Å². The standard InChI is InChI=1S/C14H19F2N3O.ClH/c1-17-10-4-6-19(7-5-10)9-14(20)18-11-2-3-12(15)13(16)8-11;/h2-3,8,10,17H,4-7,9H2,1H3,(H,18,20);1H. The number of halogens is 3. The summed E-state index contributed by atoms with van der Waals surface area (Å²) in [6.07, 6.45) is 2.02. The highest BCUT2D eigenvalue weighted by atomic mass is 35.5. The van der Waals surface area contributed by atoms with E-state index in [1.54, 1.807) is 0 Å². The normalized spacial score (nSPS) is 16.3. The third kappa shape index (κ3) is 5.22. The molecule has 2 rings (SSSR count). The highest BCUT2D eigenvalue weighted by Crippen LogP contribution is 2.14. The van der Waals surface area contributed by atoms with Gasteiger partial charge in [0.15, 0.2) is 11.6 Å². The van der Waals surface area contributed by atoms with Gasteiger partial charge in [-0.15, -0.1) is 12.4 Å². The number of rotatable bonds is 4. The molecule has 0 bridgehead atoms. The maximum absolute atomic E-state index is 13.0. The molecule has 2 N–H and O–H groups in total. The van der Waals surface area contributed by atoms with Crippen molar-refractivity contribution in [3.63, 3.8) is 0 Å². The molecule has 0 aliphatic carbocycles. The van der Waals surface area contributed by atoms with E-state index < -0.39 is 11.6 Å². The number of benzene rings is 1. The zero-order chi connectivity index (χ0) is 14.5. The molecular weight excluding hydrogens is 300 g/mol. The second-order valence-corrected chi connectivity index (χ2v) is 5.02. The SMILES string of the molecule is CNC1CCN(CC(=O)Nc2ccc(F)c(F)c2)CC1.Cl. The fourth-order valence-corrected chi connectivity index (χ4v) is 2.36. The Bertz CT molecular complexity index is 479. The molecule has 7 heteroatoms. The maximum atomic E-state index is 13.0. The average Bonchev–Trinajstić information content (AvgIpc) is 2.44. The summed E-state index contributed by atoms with van der Waals surface area (Å²) in [6.45, 7) is 1.99. The minimum atomic E-state index is -0.961. The van der Waals surface area contributed by atoms with Crippen LogP contribution in [0.3, 0.4) is 0 Å². The largest absolute Gasteiger partial charge is 0.325 e. The lowest BCUT2D eigenvalue weighted by atomic mass is 10.1. The molecule has 0 radical (unpaired) electrons. The van der Waals surface area contributed by atoms with Gasteiger partial charge in [-0.1, -0.05) is 0 Å². The molecule has 0 unspecified atom stereocenters. The van der Waals surface area contributed by atoms with Gasteiger partial charge in [-0.3, -0.25) is 9.69 Å². The van der Waals surface area contributed by atoms with E-state index >= 15 is 0 Å². The third-order valence-corrected chi connectivity index (χ3v) is 3.57. The van der Waals surface area contributed by atoms with Crippen molar-refractivity contribution in [1.29, 1.82) is 0 Å². The molecule has 1 aliphatic heterocycles. The Morgan fingerprint density at radius 1 is 1.29 bits per heavy atom. The summed E-state index contributed by atoms with van der Waals surface area (Å²) in [6, 6.07) is 3.86. The monoisotopic (exact) mass is 319 g/mol. The summed E-state index contributed by atoms with van der Waals surface area (Å²) in [4.78, 5) is 13.9. The zero-order valence-electron chi connectivity index (χ0n) is 11.9. The summed E-state index contributed by atoms with van der Waals surface area (Å²) < 4.78 is 25.8. The van der Waals surface area contributed by atoms with Crippen LogP contribution in [0.25, 0.3) is 0 Å². The molecule has 21 heavy (non-hydrogen) atoms. The van der Waals surface area contributed by atoms with Gasteiger partial charge in [-0.05, 0) is 32.0 Å². The average molecular weight is 320 g/mol. The molecule has 1 amide bonds. The fraction of sp³-hybridized carbons (Fsp3) is 0.500. The lowest BCUT2D eigenvalue weighted by molar-refractivity contribution is -0.117. The Labute approximate surface area is 129 Å². The fourth-order valence-electron chi connectivity index (χ4n) is 2.36. The number of carbonyl (C=O) groups is 1. The number of hydrogen-bond donors (Lipinski definition) is 2.